The number of esters is 1. The van der Waals surface area contributed by atoms with Gasteiger partial charge in [-0.05, 0) is 48.6 Å². The van der Waals surface area contributed by atoms with Crippen molar-refractivity contribution in [2.24, 2.45) is 11.3 Å². The van der Waals surface area contributed by atoms with Gasteiger partial charge in [0.05, 0.1) is 18.2 Å². The lowest BCUT2D eigenvalue weighted by Gasteiger charge is -2.33. The number of aryl methyl sites for hydroxylation is 1. The zero-order valence-electron chi connectivity index (χ0n) is 17.3. The van der Waals surface area contributed by atoms with E-state index in [2.05, 4.69) is 33.0 Å². The van der Waals surface area contributed by atoms with E-state index in [1.54, 1.807) is 11.3 Å². The maximum absolute atomic E-state index is 12.8. The van der Waals surface area contributed by atoms with Gasteiger partial charge < -0.3 is 10.1 Å². The van der Waals surface area contributed by atoms with Crippen molar-refractivity contribution in [1.29, 1.82) is 0 Å². The summed E-state index contributed by atoms with van der Waals surface area (Å²) in [7, 11) is 1.40. The summed E-state index contributed by atoms with van der Waals surface area (Å²) in [5, 5.41) is 5.51. The Kier molecular flexibility index (Phi) is 6.30. The second-order valence-electron chi connectivity index (χ2n) is 8.51. The number of methoxy groups -OCH3 is 1. The van der Waals surface area contributed by atoms with Gasteiger partial charge in [0, 0.05) is 15.1 Å². The van der Waals surface area contributed by atoms with E-state index in [1.807, 2.05) is 11.4 Å². The van der Waals surface area contributed by atoms with Crippen LogP contribution in [0.2, 0.25) is 0 Å². The number of fused-ring (bicyclic) bond motifs is 1. The minimum Gasteiger partial charge on any atom is -0.465 e. The number of anilines is 1. The molecule has 1 atom stereocenters. The Hall–Kier alpha value is -1.66. The summed E-state index contributed by atoms with van der Waals surface area (Å²) >= 11 is 3.15. The first-order valence-corrected chi connectivity index (χ1v) is 11.6. The molecule has 28 heavy (non-hydrogen) atoms. The van der Waals surface area contributed by atoms with Gasteiger partial charge in [0.2, 0.25) is 0 Å². The van der Waals surface area contributed by atoms with Gasteiger partial charge in [0.25, 0.3) is 5.91 Å². The topological polar surface area (TPSA) is 55.4 Å². The fourth-order valence-electron chi connectivity index (χ4n) is 3.78. The highest BCUT2D eigenvalue weighted by atomic mass is 32.1. The number of thiophene rings is 2. The molecule has 0 fully saturated rings. The van der Waals surface area contributed by atoms with Crippen LogP contribution >= 0.6 is 22.7 Å². The first kappa shape index (κ1) is 21.1. The molecule has 0 aromatic carbocycles. The third-order valence-corrected chi connectivity index (χ3v) is 7.69. The van der Waals surface area contributed by atoms with Gasteiger partial charge in [-0.15, -0.1) is 22.7 Å². The second-order valence-corrected chi connectivity index (χ2v) is 10.6. The van der Waals surface area contributed by atoms with Crippen LogP contribution in [0, 0.1) is 11.3 Å². The van der Waals surface area contributed by atoms with Crippen LogP contribution < -0.4 is 5.32 Å². The molecule has 1 aliphatic rings. The normalized spacial score (nSPS) is 16.5. The molecule has 0 saturated heterocycles. The van der Waals surface area contributed by atoms with E-state index in [0.717, 1.165) is 37.7 Å². The molecule has 3 rings (SSSR count). The van der Waals surface area contributed by atoms with Crippen molar-refractivity contribution < 1.29 is 14.3 Å². The highest BCUT2D eigenvalue weighted by molar-refractivity contribution is 7.17. The predicted octanol–water partition coefficient (Wildman–Crippen LogP) is 5.95. The fraction of sp³-hybridized carbons (Fsp3) is 0.545. The number of carbonyl (C=O) groups is 2. The van der Waals surface area contributed by atoms with Crippen LogP contribution in [0.25, 0.3) is 0 Å². The molecule has 0 radical (unpaired) electrons. The van der Waals surface area contributed by atoms with Crippen LogP contribution in [-0.4, -0.2) is 19.0 Å². The van der Waals surface area contributed by atoms with Gasteiger partial charge in [0.1, 0.15) is 5.00 Å². The van der Waals surface area contributed by atoms with Crippen LogP contribution in [0.5, 0.6) is 0 Å². The summed E-state index contributed by atoms with van der Waals surface area (Å²) in [4.78, 5) is 27.7. The Balaban J connectivity index is 1.89. The molecule has 0 aliphatic heterocycles. The third-order valence-electron chi connectivity index (χ3n) is 5.52. The number of nitrogens with one attached hydrogen (secondary N) is 1. The summed E-state index contributed by atoms with van der Waals surface area (Å²) in [5.41, 5.74) is 2.49. The summed E-state index contributed by atoms with van der Waals surface area (Å²) in [6.45, 7) is 8.93. The first-order chi connectivity index (χ1) is 13.2. The van der Waals surface area contributed by atoms with Crippen molar-refractivity contribution >= 4 is 39.6 Å². The van der Waals surface area contributed by atoms with Gasteiger partial charge in [0.15, 0.2) is 0 Å². The third kappa shape index (κ3) is 4.33. The molecule has 1 aliphatic carbocycles. The summed E-state index contributed by atoms with van der Waals surface area (Å²) in [6.07, 6.45) is 4.89. The summed E-state index contributed by atoms with van der Waals surface area (Å²) in [5.74, 6) is 0.0508. The number of amides is 1. The molecule has 6 heteroatoms. The monoisotopic (exact) mass is 419 g/mol. The zero-order valence-corrected chi connectivity index (χ0v) is 18.9. The Morgan fingerprint density at radius 2 is 2.07 bits per heavy atom. The molecule has 2 aromatic rings. The highest BCUT2D eigenvalue weighted by Gasteiger charge is 2.34. The Morgan fingerprint density at radius 1 is 1.32 bits per heavy atom. The molecule has 0 saturated carbocycles. The van der Waals surface area contributed by atoms with Crippen molar-refractivity contribution in [1.82, 2.24) is 0 Å². The summed E-state index contributed by atoms with van der Waals surface area (Å²) < 4.78 is 5.04. The number of ether oxygens (including phenoxy) is 1. The first-order valence-electron chi connectivity index (χ1n) is 9.86. The standard InChI is InChI=1S/C22H29NO3S2/c1-6-7-15-10-13(12-27-15)19(24)23-20-18(21(25)26-5)16-9-8-14(22(2,3)4)11-17(16)28-20/h10,12,14H,6-9,11H2,1-5H3,(H,23,24)/t14-/m1/s1. The van der Waals surface area contributed by atoms with E-state index in [4.69, 9.17) is 4.74 Å². The van der Waals surface area contributed by atoms with Crippen molar-refractivity contribution in [3.05, 3.63) is 37.9 Å². The van der Waals surface area contributed by atoms with Crippen molar-refractivity contribution in [3.8, 4) is 0 Å². The Labute approximate surface area is 175 Å². The number of rotatable bonds is 5. The Bertz CT molecular complexity index is 873. The minimum absolute atomic E-state index is 0.158. The van der Waals surface area contributed by atoms with E-state index in [0.29, 0.717) is 22.0 Å². The molecular weight excluding hydrogens is 390 g/mol. The highest BCUT2D eigenvalue weighted by Crippen LogP contribution is 2.44. The molecule has 4 nitrogen and oxygen atoms in total. The molecule has 1 amide bonds. The number of carbonyl (C=O) groups excluding carboxylic acids is 2. The molecule has 0 spiro atoms. The smallest absolute Gasteiger partial charge is 0.341 e. The number of hydrogen-bond donors (Lipinski definition) is 1. The summed E-state index contributed by atoms with van der Waals surface area (Å²) in [6, 6.07) is 1.95. The average molecular weight is 420 g/mol. The lowest BCUT2D eigenvalue weighted by molar-refractivity contribution is 0.0600. The minimum atomic E-state index is -0.362. The van der Waals surface area contributed by atoms with Crippen molar-refractivity contribution in [2.75, 3.05) is 12.4 Å². The zero-order chi connectivity index (χ0) is 20.5. The maximum atomic E-state index is 12.8. The molecule has 0 bridgehead atoms. The van der Waals surface area contributed by atoms with E-state index >= 15 is 0 Å². The molecule has 152 valence electrons. The fourth-order valence-corrected chi connectivity index (χ4v) is 6.06. The van der Waals surface area contributed by atoms with Crippen molar-refractivity contribution in [2.45, 2.75) is 59.8 Å². The number of hydrogen-bond acceptors (Lipinski definition) is 5. The van der Waals surface area contributed by atoms with Gasteiger partial charge in [-0.25, -0.2) is 4.79 Å². The largest absolute Gasteiger partial charge is 0.465 e. The molecule has 2 heterocycles. The van der Waals surface area contributed by atoms with Gasteiger partial charge >= 0.3 is 5.97 Å². The Morgan fingerprint density at radius 3 is 2.71 bits per heavy atom. The van der Waals surface area contributed by atoms with Crippen LogP contribution in [0.4, 0.5) is 5.00 Å². The predicted molar refractivity (Wildman–Crippen MR) is 117 cm³/mol. The van der Waals surface area contributed by atoms with Crippen molar-refractivity contribution in [3.63, 3.8) is 0 Å². The molecule has 2 aromatic heterocycles. The van der Waals surface area contributed by atoms with Gasteiger partial charge in [-0.2, -0.15) is 0 Å². The van der Waals surface area contributed by atoms with Gasteiger partial charge in [-0.1, -0.05) is 34.1 Å². The van der Waals surface area contributed by atoms with E-state index in [-0.39, 0.29) is 17.3 Å². The van der Waals surface area contributed by atoms with E-state index in [9.17, 15) is 9.59 Å². The lowest BCUT2D eigenvalue weighted by Crippen LogP contribution is -2.26. The average Bonchev–Trinajstić information content (AvgIpc) is 3.24. The quantitative estimate of drug-likeness (QED) is 0.609. The van der Waals surface area contributed by atoms with Crippen LogP contribution in [-0.2, 0) is 24.0 Å². The molecule has 1 N–H and O–H groups in total. The lowest BCUT2D eigenvalue weighted by atomic mass is 9.72. The van der Waals surface area contributed by atoms with Crippen LogP contribution in [0.15, 0.2) is 11.4 Å². The van der Waals surface area contributed by atoms with E-state index < -0.39 is 0 Å². The van der Waals surface area contributed by atoms with Crippen LogP contribution in [0.1, 0.15) is 76.6 Å². The maximum Gasteiger partial charge on any atom is 0.341 e. The SMILES string of the molecule is CCCc1cc(C(=O)Nc2sc3c(c2C(=O)OC)CC[C@@H](C(C)(C)C)C3)cs1. The van der Waals surface area contributed by atoms with Crippen LogP contribution in [0.3, 0.4) is 0 Å². The molecule has 0 unspecified atom stereocenters. The van der Waals surface area contributed by atoms with Gasteiger partial charge in [-0.3, -0.25) is 4.79 Å². The molecular formula is C22H29NO3S2. The second kappa shape index (κ2) is 8.37. The van der Waals surface area contributed by atoms with E-state index in [1.165, 1.54) is 28.2 Å².